The second-order valence-corrected chi connectivity index (χ2v) is 6.95. The van der Waals surface area contributed by atoms with Gasteiger partial charge in [-0.3, -0.25) is 4.79 Å². The van der Waals surface area contributed by atoms with Crippen LogP contribution in [0.15, 0.2) is 15.2 Å². The maximum absolute atomic E-state index is 12.1. The number of hydrogen-bond acceptors (Lipinski definition) is 3. The molecule has 1 heterocycles. The monoisotopic (exact) mass is 317 g/mol. The predicted octanol–water partition coefficient (Wildman–Crippen LogP) is 2.77. The molecule has 0 spiro atoms. The molecule has 94 valence electrons. The van der Waals surface area contributed by atoms with E-state index in [9.17, 15) is 9.90 Å². The lowest BCUT2D eigenvalue weighted by Gasteiger charge is -2.27. The van der Waals surface area contributed by atoms with Gasteiger partial charge in [0.05, 0.1) is 3.79 Å². The summed E-state index contributed by atoms with van der Waals surface area (Å²) in [6.07, 6.45) is 3.09. The number of nitrogens with zero attached hydrogens (tertiary/aromatic N) is 1. The molecular formula is C12H16BrNO2S. The van der Waals surface area contributed by atoms with E-state index >= 15 is 0 Å². The molecule has 0 aromatic carbocycles. The molecule has 17 heavy (non-hydrogen) atoms. The summed E-state index contributed by atoms with van der Waals surface area (Å²) in [7, 11) is 1.75. The Morgan fingerprint density at radius 3 is 2.76 bits per heavy atom. The second-order valence-electron chi connectivity index (χ2n) is 4.66. The van der Waals surface area contributed by atoms with Crippen LogP contribution in [0.1, 0.15) is 31.2 Å². The van der Waals surface area contributed by atoms with E-state index in [4.69, 9.17) is 0 Å². The highest BCUT2D eigenvalue weighted by Crippen LogP contribution is 2.31. The van der Waals surface area contributed by atoms with Crippen molar-refractivity contribution in [2.75, 3.05) is 7.05 Å². The zero-order chi connectivity index (χ0) is 12.5. The number of halogens is 1. The van der Waals surface area contributed by atoms with Crippen molar-refractivity contribution in [3.63, 3.8) is 0 Å². The van der Waals surface area contributed by atoms with Gasteiger partial charge >= 0.3 is 0 Å². The quantitative estimate of drug-likeness (QED) is 0.931. The lowest BCUT2D eigenvalue weighted by atomic mass is 10.0. The molecule has 0 radical (unpaired) electrons. The molecule has 0 atom stereocenters. The van der Waals surface area contributed by atoms with E-state index in [1.54, 1.807) is 23.3 Å². The number of hydrogen-bond donors (Lipinski definition) is 1. The van der Waals surface area contributed by atoms with Crippen molar-refractivity contribution in [1.29, 1.82) is 0 Å². The standard InChI is InChI=1S/C12H16BrNO2S/c1-14(7-9-6-10(13)17-8-9)11(15)12(16)4-2-3-5-12/h6,8,16H,2-5,7H2,1H3. The average Bonchev–Trinajstić information content (AvgIpc) is 2.88. The van der Waals surface area contributed by atoms with Crippen LogP contribution in [0.2, 0.25) is 0 Å². The lowest BCUT2D eigenvalue weighted by Crippen LogP contribution is -2.45. The first kappa shape index (κ1) is 13.1. The smallest absolute Gasteiger partial charge is 0.254 e. The van der Waals surface area contributed by atoms with Crippen molar-refractivity contribution in [3.8, 4) is 0 Å². The summed E-state index contributed by atoms with van der Waals surface area (Å²) < 4.78 is 1.06. The SMILES string of the molecule is CN(Cc1csc(Br)c1)C(=O)C1(O)CCCC1. The molecule has 1 aliphatic carbocycles. The minimum atomic E-state index is -1.11. The number of carbonyl (C=O) groups is 1. The summed E-state index contributed by atoms with van der Waals surface area (Å²) in [5.41, 5.74) is -0.0125. The Labute approximate surface area is 114 Å². The number of thiophene rings is 1. The van der Waals surface area contributed by atoms with E-state index in [1.807, 2.05) is 11.4 Å². The minimum absolute atomic E-state index is 0.141. The topological polar surface area (TPSA) is 40.5 Å². The molecule has 1 saturated carbocycles. The molecule has 1 aromatic heterocycles. The highest BCUT2D eigenvalue weighted by molar-refractivity contribution is 9.11. The van der Waals surface area contributed by atoms with Gasteiger partial charge in [-0.1, -0.05) is 0 Å². The van der Waals surface area contributed by atoms with Crippen molar-refractivity contribution in [2.45, 2.75) is 37.8 Å². The van der Waals surface area contributed by atoms with Crippen LogP contribution in [0.3, 0.4) is 0 Å². The number of rotatable bonds is 3. The Bertz CT molecular complexity index is 412. The van der Waals surface area contributed by atoms with E-state index in [0.29, 0.717) is 19.4 Å². The third-order valence-corrected chi connectivity index (χ3v) is 4.77. The number of aliphatic hydroxyl groups is 1. The summed E-state index contributed by atoms with van der Waals surface area (Å²) in [5.74, 6) is -0.141. The molecule has 1 aromatic rings. The van der Waals surface area contributed by atoms with Crippen LogP contribution in [0.25, 0.3) is 0 Å². The van der Waals surface area contributed by atoms with Gasteiger partial charge < -0.3 is 10.0 Å². The van der Waals surface area contributed by atoms with Crippen molar-refractivity contribution in [2.24, 2.45) is 0 Å². The molecule has 0 aliphatic heterocycles. The van der Waals surface area contributed by atoms with Crippen LogP contribution in [-0.2, 0) is 11.3 Å². The van der Waals surface area contributed by atoms with E-state index in [1.165, 1.54) is 0 Å². The summed E-state index contributed by atoms with van der Waals surface area (Å²) in [6, 6.07) is 2.01. The Morgan fingerprint density at radius 2 is 2.24 bits per heavy atom. The zero-order valence-corrected chi connectivity index (χ0v) is 12.2. The van der Waals surface area contributed by atoms with Gasteiger partial charge in [-0.15, -0.1) is 11.3 Å². The molecule has 0 bridgehead atoms. The van der Waals surface area contributed by atoms with E-state index in [-0.39, 0.29) is 5.91 Å². The molecule has 0 saturated heterocycles. The Morgan fingerprint density at radius 1 is 1.59 bits per heavy atom. The number of carbonyl (C=O) groups excluding carboxylic acids is 1. The fraction of sp³-hybridized carbons (Fsp3) is 0.583. The van der Waals surface area contributed by atoms with E-state index in [0.717, 1.165) is 22.2 Å². The first-order valence-electron chi connectivity index (χ1n) is 5.72. The van der Waals surface area contributed by atoms with E-state index < -0.39 is 5.60 Å². The largest absolute Gasteiger partial charge is 0.380 e. The Hall–Kier alpha value is -0.390. The first-order chi connectivity index (χ1) is 8.01. The van der Waals surface area contributed by atoms with Gasteiger partial charge in [0.1, 0.15) is 5.60 Å². The number of likely N-dealkylation sites (N-methyl/N-ethyl adjacent to an activating group) is 1. The van der Waals surface area contributed by atoms with Crippen LogP contribution in [-0.4, -0.2) is 28.6 Å². The predicted molar refractivity (Wildman–Crippen MR) is 71.9 cm³/mol. The lowest BCUT2D eigenvalue weighted by molar-refractivity contribution is -0.149. The Kier molecular flexibility index (Phi) is 3.90. The van der Waals surface area contributed by atoms with Crippen LogP contribution >= 0.6 is 27.3 Å². The van der Waals surface area contributed by atoms with Crippen molar-refractivity contribution in [1.82, 2.24) is 4.90 Å². The highest BCUT2D eigenvalue weighted by Gasteiger charge is 2.40. The molecule has 3 nitrogen and oxygen atoms in total. The average molecular weight is 318 g/mol. The van der Waals surface area contributed by atoms with Crippen LogP contribution in [0.5, 0.6) is 0 Å². The fourth-order valence-electron chi connectivity index (χ4n) is 2.30. The maximum atomic E-state index is 12.1. The van der Waals surface area contributed by atoms with Gasteiger partial charge in [-0.2, -0.15) is 0 Å². The Balaban J connectivity index is 2.00. The summed E-state index contributed by atoms with van der Waals surface area (Å²) >= 11 is 5.01. The summed E-state index contributed by atoms with van der Waals surface area (Å²) in [6.45, 7) is 0.559. The number of amides is 1. The van der Waals surface area contributed by atoms with Crippen molar-refractivity contribution < 1.29 is 9.90 Å². The summed E-state index contributed by atoms with van der Waals surface area (Å²) in [4.78, 5) is 13.8. The molecule has 2 rings (SSSR count). The molecule has 5 heteroatoms. The normalized spacial score (nSPS) is 18.3. The molecule has 1 fully saturated rings. The van der Waals surface area contributed by atoms with Gasteiger partial charge in [0.25, 0.3) is 5.91 Å². The molecule has 1 aliphatic rings. The van der Waals surface area contributed by atoms with Gasteiger partial charge in [0, 0.05) is 13.6 Å². The second kappa shape index (κ2) is 5.08. The van der Waals surface area contributed by atoms with Crippen LogP contribution in [0.4, 0.5) is 0 Å². The van der Waals surface area contributed by atoms with Gasteiger partial charge in [-0.25, -0.2) is 0 Å². The van der Waals surface area contributed by atoms with E-state index in [2.05, 4.69) is 15.9 Å². The van der Waals surface area contributed by atoms with Crippen LogP contribution < -0.4 is 0 Å². The van der Waals surface area contributed by atoms with Gasteiger partial charge in [-0.05, 0) is 58.6 Å². The molecule has 1 N–H and O–H groups in total. The molecule has 0 unspecified atom stereocenters. The fourth-order valence-corrected chi connectivity index (χ4v) is 3.50. The zero-order valence-electron chi connectivity index (χ0n) is 9.78. The highest BCUT2D eigenvalue weighted by atomic mass is 79.9. The summed E-state index contributed by atoms with van der Waals surface area (Å²) in [5, 5.41) is 12.2. The van der Waals surface area contributed by atoms with Gasteiger partial charge in [0.15, 0.2) is 0 Å². The third-order valence-electron chi connectivity index (χ3n) is 3.22. The molecular weight excluding hydrogens is 302 g/mol. The first-order valence-corrected chi connectivity index (χ1v) is 7.39. The van der Waals surface area contributed by atoms with Crippen LogP contribution in [0, 0.1) is 0 Å². The van der Waals surface area contributed by atoms with Crippen molar-refractivity contribution >= 4 is 33.2 Å². The minimum Gasteiger partial charge on any atom is -0.380 e. The van der Waals surface area contributed by atoms with Crippen molar-refractivity contribution in [3.05, 3.63) is 20.8 Å². The third kappa shape index (κ3) is 2.89. The molecule has 1 amide bonds. The maximum Gasteiger partial charge on any atom is 0.254 e. The van der Waals surface area contributed by atoms with Gasteiger partial charge in [0.2, 0.25) is 0 Å².